The maximum absolute atomic E-state index is 12.8. The zero-order chi connectivity index (χ0) is 45.8. The minimum absolute atomic E-state index is 0.0952. The van der Waals surface area contributed by atoms with E-state index < -0.39 is 6.10 Å². The van der Waals surface area contributed by atoms with E-state index in [1.54, 1.807) is 0 Å². The van der Waals surface area contributed by atoms with Crippen molar-refractivity contribution in [2.24, 2.45) is 0 Å². The van der Waals surface area contributed by atoms with E-state index in [0.717, 1.165) is 122 Å². The molecule has 0 amide bonds. The van der Waals surface area contributed by atoms with Gasteiger partial charge in [0.15, 0.2) is 6.10 Å². The lowest BCUT2D eigenvalue weighted by molar-refractivity contribution is -0.167. The van der Waals surface area contributed by atoms with Gasteiger partial charge >= 0.3 is 17.9 Å². The predicted octanol–water partition coefficient (Wildman–Crippen LogP) is 17.2. The molecule has 0 rings (SSSR count). The molecule has 6 nitrogen and oxygen atoms in total. The SMILES string of the molecule is CC/C=C/C=C/C=C/CCCCCCCC(=O)OCC(COC(=O)CCCCCCC/C=C/C=C/CCCCCCCCC)OC(=O)CCCCCCCCC/C=C/C/C=C/CC. The first-order chi connectivity index (χ1) is 31.0. The molecule has 0 heterocycles. The molecule has 6 heteroatoms. The van der Waals surface area contributed by atoms with Gasteiger partial charge in [0.1, 0.15) is 13.2 Å². The molecule has 1 atom stereocenters. The van der Waals surface area contributed by atoms with Gasteiger partial charge in [-0.15, -0.1) is 0 Å². The van der Waals surface area contributed by atoms with E-state index in [-0.39, 0.29) is 31.1 Å². The summed E-state index contributed by atoms with van der Waals surface area (Å²) in [5.41, 5.74) is 0. The smallest absolute Gasteiger partial charge is 0.306 e. The standard InChI is InChI=1S/C57H96O6/c1-4-7-10-13-16-19-22-25-27-28-29-30-33-35-38-41-44-47-50-56(59)62-53-54(52-61-55(58)49-46-43-40-37-34-31-24-21-18-15-12-9-6-3)63-57(60)51-48-45-42-39-36-32-26-23-20-17-14-11-8-5-2/h8-9,11-12,15,17-18,20-21,24,27-30,54H,4-7,10,13-14,16,19,22-23,25-26,31-53H2,1-3H3/b11-8+,12-9+,18-15+,20-17+,24-21+,28-27+,30-29+. The lowest BCUT2D eigenvalue weighted by atomic mass is 10.1. The van der Waals surface area contributed by atoms with Crippen molar-refractivity contribution in [2.45, 2.75) is 245 Å². The van der Waals surface area contributed by atoms with Crippen molar-refractivity contribution in [3.63, 3.8) is 0 Å². The maximum atomic E-state index is 12.8. The normalized spacial score (nSPS) is 12.7. The van der Waals surface area contributed by atoms with Gasteiger partial charge in [-0.3, -0.25) is 14.4 Å². The van der Waals surface area contributed by atoms with Crippen molar-refractivity contribution >= 4 is 17.9 Å². The molecule has 0 saturated carbocycles. The second kappa shape index (κ2) is 51.2. The lowest BCUT2D eigenvalue weighted by Crippen LogP contribution is -2.30. The second-order valence-electron chi connectivity index (χ2n) is 17.1. The van der Waals surface area contributed by atoms with E-state index in [9.17, 15) is 14.4 Å². The molecule has 0 saturated heterocycles. The lowest BCUT2D eigenvalue weighted by Gasteiger charge is -2.18. The van der Waals surface area contributed by atoms with Crippen LogP contribution in [0.3, 0.4) is 0 Å². The van der Waals surface area contributed by atoms with E-state index in [1.165, 1.54) is 77.0 Å². The van der Waals surface area contributed by atoms with Crippen LogP contribution < -0.4 is 0 Å². The number of allylic oxidation sites excluding steroid dienone is 14. The van der Waals surface area contributed by atoms with E-state index in [2.05, 4.69) is 106 Å². The van der Waals surface area contributed by atoms with Crippen LogP contribution in [0.1, 0.15) is 239 Å². The Balaban J connectivity index is 4.43. The Morgan fingerprint density at radius 2 is 0.698 bits per heavy atom. The van der Waals surface area contributed by atoms with Gasteiger partial charge in [-0.1, -0.05) is 215 Å². The van der Waals surface area contributed by atoms with Gasteiger partial charge in [-0.2, -0.15) is 0 Å². The second-order valence-corrected chi connectivity index (χ2v) is 17.1. The first-order valence-corrected chi connectivity index (χ1v) is 26.1. The average molecular weight is 877 g/mol. The highest BCUT2D eigenvalue weighted by atomic mass is 16.6. The third-order valence-electron chi connectivity index (χ3n) is 11.0. The molecule has 1 unspecified atom stereocenters. The van der Waals surface area contributed by atoms with Gasteiger partial charge in [-0.05, 0) is 89.9 Å². The Morgan fingerprint density at radius 1 is 0.349 bits per heavy atom. The van der Waals surface area contributed by atoms with Gasteiger partial charge in [0, 0.05) is 19.3 Å². The van der Waals surface area contributed by atoms with Gasteiger partial charge in [0.25, 0.3) is 0 Å². The van der Waals surface area contributed by atoms with E-state index >= 15 is 0 Å². The molecule has 0 bridgehead atoms. The molecule has 0 aliphatic rings. The number of ether oxygens (including phenoxy) is 3. The molecule has 0 aromatic carbocycles. The maximum Gasteiger partial charge on any atom is 0.306 e. The van der Waals surface area contributed by atoms with Crippen LogP contribution in [0, 0.1) is 0 Å². The molecule has 0 aromatic rings. The highest BCUT2D eigenvalue weighted by Gasteiger charge is 2.19. The highest BCUT2D eigenvalue weighted by molar-refractivity contribution is 5.71. The molecule has 0 N–H and O–H groups in total. The van der Waals surface area contributed by atoms with Crippen molar-refractivity contribution < 1.29 is 28.6 Å². The van der Waals surface area contributed by atoms with Gasteiger partial charge in [0.2, 0.25) is 0 Å². The van der Waals surface area contributed by atoms with Crippen LogP contribution >= 0.6 is 0 Å². The molecular weight excluding hydrogens is 781 g/mol. The third-order valence-corrected chi connectivity index (χ3v) is 11.0. The summed E-state index contributed by atoms with van der Waals surface area (Å²) in [6.07, 6.45) is 65.7. The van der Waals surface area contributed by atoms with Crippen LogP contribution in [0.2, 0.25) is 0 Å². The van der Waals surface area contributed by atoms with Crippen LogP contribution in [-0.4, -0.2) is 37.2 Å². The summed E-state index contributed by atoms with van der Waals surface area (Å²) in [6, 6.07) is 0. The fraction of sp³-hybridized carbons (Fsp3) is 0.702. The van der Waals surface area contributed by atoms with Crippen molar-refractivity contribution in [3.05, 3.63) is 85.1 Å². The number of esters is 3. The van der Waals surface area contributed by atoms with Gasteiger partial charge in [-0.25, -0.2) is 0 Å². The zero-order valence-electron chi connectivity index (χ0n) is 41.1. The zero-order valence-corrected chi connectivity index (χ0v) is 41.1. The molecule has 360 valence electrons. The fourth-order valence-electron chi connectivity index (χ4n) is 7.06. The number of hydrogen-bond donors (Lipinski definition) is 0. The third kappa shape index (κ3) is 49.5. The van der Waals surface area contributed by atoms with Crippen molar-refractivity contribution in [3.8, 4) is 0 Å². The Morgan fingerprint density at radius 3 is 1.14 bits per heavy atom. The Hall–Kier alpha value is -3.41. The van der Waals surface area contributed by atoms with E-state index in [1.807, 2.05) is 0 Å². The summed E-state index contributed by atoms with van der Waals surface area (Å²) in [6.45, 7) is 6.36. The van der Waals surface area contributed by atoms with Crippen molar-refractivity contribution in [2.75, 3.05) is 13.2 Å². The molecule has 63 heavy (non-hydrogen) atoms. The van der Waals surface area contributed by atoms with Gasteiger partial charge < -0.3 is 14.2 Å². The Bertz CT molecular complexity index is 1240. The number of carbonyl (C=O) groups is 3. The summed E-state index contributed by atoms with van der Waals surface area (Å²) in [5, 5.41) is 0. The minimum Gasteiger partial charge on any atom is -0.462 e. The topological polar surface area (TPSA) is 78.9 Å². The number of unbranched alkanes of at least 4 members (excludes halogenated alkanes) is 24. The van der Waals surface area contributed by atoms with E-state index in [4.69, 9.17) is 14.2 Å². The first kappa shape index (κ1) is 59.6. The molecule has 0 aliphatic carbocycles. The molecule has 0 aromatic heterocycles. The summed E-state index contributed by atoms with van der Waals surface area (Å²) in [4.78, 5) is 38.0. The summed E-state index contributed by atoms with van der Waals surface area (Å²) in [7, 11) is 0. The van der Waals surface area contributed by atoms with Crippen LogP contribution in [0.15, 0.2) is 85.1 Å². The summed E-state index contributed by atoms with van der Waals surface area (Å²) < 4.78 is 16.8. The number of rotatable bonds is 46. The van der Waals surface area contributed by atoms with Crippen LogP contribution in [0.5, 0.6) is 0 Å². The first-order valence-electron chi connectivity index (χ1n) is 26.1. The highest BCUT2D eigenvalue weighted by Crippen LogP contribution is 2.14. The van der Waals surface area contributed by atoms with E-state index in [0.29, 0.717) is 19.3 Å². The fourth-order valence-corrected chi connectivity index (χ4v) is 7.06. The minimum atomic E-state index is -0.795. The molecule has 0 fully saturated rings. The van der Waals surface area contributed by atoms with Gasteiger partial charge in [0.05, 0.1) is 0 Å². The monoisotopic (exact) mass is 877 g/mol. The van der Waals surface area contributed by atoms with Crippen LogP contribution in [-0.2, 0) is 28.6 Å². The van der Waals surface area contributed by atoms with Crippen LogP contribution in [0.25, 0.3) is 0 Å². The van der Waals surface area contributed by atoms with Crippen molar-refractivity contribution in [1.82, 2.24) is 0 Å². The largest absolute Gasteiger partial charge is 0.462 e. The summed E-state index contributed by atoms with van der Waals surface area (Å²) in [5.74, 6) is -0.939. The predicted molar refractivity (Wildman–Crippen MR) is 270 cm³/mol. The average Bonchev–Trinajstić information content (AvgIpc) is 3.28. The quantitative estimate of drug-likeness (QED) is 0.0199. The molecule has 0 radical (unpaired) electrons. The van der Waals surface area contributed by atoms with Crippen LogP contribution in [0.4, 0.5) is 0 Å². The number of carbonyl (C=O) groups excluding carboxylic acids is 3. The van der Waals surface area contributed by atoms with Crippen molar-refractivity contribution in [1.29, 1.82) is 0 Å². The Labute approximate surface area is 388 Å². The molecule has 0 spiro atoms. The summed E-state index contributed by atoms with van der Waals surface area (Å²) >= 11 is 0. The number of hydrogen-bond acceptors (Lipinski definition) is 6. The Kier molecular flexibility index (Phi) is 48.5. The molecule has 0 aliphatic heterocycles. The molecular formula is C57H96O6.